The fourth-order valence-electron chi connectivity index (χ4n) is 1.17. The van der Waals surface area contributed by atoms with Crippen molar-refractivity contribution in [3.8, 4) is 5.75 Å². The van der Waals surface area contributed by atoms with Crippen molar-refractivity contribution < 1.29 is 22.7 Å². The Labute approximate surface area is 95.0 Å². The first-order chi connectivity index (χ1) is 7.33. The molecular weight excluding hydrogens is 245 g/mol. The summed E-state index contributed by atoms with van der Waals surface area (Å²) in [6.07, 6.45) is -4.77. The average Bonchev–Trinajstić information content (AvgIpc) is 2.18. The van der Waals surface area contributed by atoms with Crippen LogP contribution in [0.4, 0.5) is 13.2 Å². The molecule has 0 saturated heterocycles. The molecule has 0 radical (unpaired) electrons. The van der Waals surface area contributed by atoms with E-state index in [2.05, 4.69) is 4.74 Å². The van der Waals surface area contributed by atoms with Crippen LogP contribution in [-0.4, -0.2) is 18.0 Å². The number of alkyl halides is 4. The zero-order valence-electron chi connectivity index (χ0n) is 8.27. The molecule has 0 saturated carbocycles. The zero-order chi connectivity index (χ0) is 12.3. The van der Waals surface area contributed by atoms with E-state index in [1.807, 2.05) is 0 Å². The number of Topliss-reactive ketones (excluding diaryl/α,β-unsaturated/α-hetero) is 1. The highest BCUT2D eigenvalue weighted by molar-refractivity contribution is 6.30. The predicted molar refractivity (Wildman–Crippen MR) is 52.9 cm³/mol. The van der Waals surface area contributed by atoms with Crippen LogP contribution in [0.1, 0.15) is 15.9 Å². The van der Waals surface area contributed by atoms with Crippen molar-refractivity contribution in [3.63, 3.8) is 0 Å². The fourth-order valence-corrected chi connectivity index (χ4v) is 1.31. The van der Waals surface area contributed by atoms with Crippen molar-refractivity contribution in [2.75, 3.05) is 5.88 Å². The summed E-state index contributed by atoms with van der Waals surface area (Å²) in [4.78, 5) is 11.3. The van der Waals surface area contributed by atoms with E-state index in [1.54, 1.807) is 6.92 Å². The topological polar surface area (TPSA) is 26.3 Å². The van der Waals surface area contributed by atoms with Crippen LogP contribution in [0.15, 0.2) is 18.2 Å². The first-order valence-electron chi connectivity index (χ1n) is 4.29. The van der Waals surface area contributed by atoms with Crippen LogP contribution in [0.25, 0.3) is 0 Å². The van der Waals surface area contributed by atoms with Crippen LogP contribution >= 0.6 is 11.6 Å². The van der Waals surface area contributed by atoms with Crippen LogP contribution in [0, 0.1) is 6.92 Å². The molecule has 1 aromatic rings. The molecule has 0 aromatic heterocycles. The molecule has 0 amide bonds. The van der Waals surface area contributed by atoms with Crippen molar-refractivity contribution in [2.45, 2.75) is 13.3 Å². The Balaban J connectivity index is 3.03. The third kappa shape index (κ3) is 3.41. The van der Waals surface area contributed by atoms with E-state index in [1.165, 1.54) is 6.07 Å². The monoisotopic (exact) mass is 252 g/mol. The number of hydrogen-bond donors (Lipinski definition) is 0. The highest BCUT2D eigenvalue weighted by Gasteiger charge is 2.31. The molecule has 1 rings (SSSR count). The smallest absolute Gasteiger partial charge is 0.406 e. The minimum absolute atomic E-state index is 0.136. The minimum atomic E-state index is -4.77. The average molecular weight is 253 g/mol. The number of hydrogen-bond acceptors (Lipinski definition) is 2. The van der Waals surface area contributed by atoms with Crippen LogP contribution in [0.3, 0.4) is 0 Å². The molecule has 1 aromatic carbocycles. The molecule has 0 unspecified atom stereocenters. The Morgan fingerprint density at radius 1 is 1.44 bits per heavy atom. The van der Waals surface area contributed by atoms with Crippen LogP contribution in [0.5, 0.6) is 5.75 Å². The first-order valence-corrected chi connectivity index (χ1v) is 4.82. The Hall–Kier alpha value is -1.23. The van der Waals surface area contributed by atoms with Gasteiger partial charge in [-0.25, -0.2) is 0 Å². The molecule has 0 N–H and O–H groups in total. The van der Waals surface area contributed by atoms with Gasteiger partial charge in [-0.3, -0.25) is 4.79 Å². The molecule has 88 valence electrons. The summed E-state index contributed by atoms with van der Waals surface area (Å²) >= 11 is 5.33. The molecule has 0 aliphatic heterocycles. The number of rotatable bonds is 3. The number of aryl methyl sites for hydroxylation is 1. The molecule has 16 heavy (non-hydrogen) atoms. The largest absolute Gasteiger partial charge is 0.573 e. The van der Waals surface area contributed by atoms with Crippen molar-refractivity contribution in [2.24, 2.45) is 0 Å². The minimum Gasteiger partial charge on any atom is -0.406 e. The van der Waals surface area contributed by atoms with Crippen molar-refractivity contribution in [1.82, 2.24) is 0 Å². The number of benzene rings is 1. The Bertz CT molecular complexity index is 402. The molecule has 0 fully saturated rings. The van der Waals surface area contributed by atoms with E-state index >= 15 is 0 Å². The van der Waals surface area contributed by atoms with E-state index in [0.717, 1.165) is 12.1 Å². The lowest BCUT2D eigenvalue weighted by Crippen LogP contribution is -2.17. The van der Waals surface area contributed by atoms with Gasteiger partial charge in [0.05, 0.1) is 5.88 Å². The fraction of sp³-hybridized carbons (Fsp3) is 0.300. The molecule has 0 heterocycles. The second-order valence-electron chi connectivity index (χ2n) is 3.08. The summed E-state index contributed by atoms with van der Waals surface area (Å²) < 4.78 is 39.5. The van der Waals surface area contributed by atoms with E-state index in [4.69, 9.17) is 11.6 Å². The third-order valence-corrected chi connectivity index (χ3v) is 2.11. The Morgan fingerprint density at radius 3 is 2.56 bits per heavy atom. The van der Waals surface area contributed by atoms with Crippen LogP contribution in [0.2, 0.25) is 0 Å². The van der Waals surface area contributed by atoms with Crippen molar-refractivity contribution in [3.05, 3.63) is 29.3 Å². The molecule has 0 atom stereocenters. The van der Waals surface area contributed by atoms with Gasteiger partial charge in [-0.2, -0.15) is 0 Å². The number of halogens is 4. The quantitative estimate of drug-likeness (QED) is 0.609. The molecule has 2 nitrogen and oxygen atoms in total. The lowest BCUT2D eigenvalue weighted by Gasteiger charge is -2.10. The predicted octanol–water partition coefficient (Wildman–Crippen LogP) is 3.32. The normalized spacial score (nSPS) is 11.3. The number of carbonyl (C=O) groups is 1. The second kappa shape index (κ2) is 4.74. The summed E-state index contributed by atoms with van der Waals surface area (Å²) in [5.74, 6) is -1.14. The van der Waals surface area contributed by atoms with Crippen LogP contribution in [-0.2, 0) is 0 Å². The third-order valence-electron chi connectivity index (χ3n) is 1.86. The van der Waals surface area contributed by atoms with Crippen molar-refractivity contribution >= 4 is 17.4 Å². The van der Waals surface area contributed by atoms with Gasteiger partial charge in [-0.05, 0) is 24.6 Å². The van der Waals surface area contributed by atoms with E-state index in [9.17, 15) is 18.0 Å². The number of ether oxygens (including phenoxy) is 1. The van der Waals surface area contributed by atoms with Gasteiger partial charge in [0.25, 0.3) is 0 Å². The van der Waals surface area contributed by atoms with Crippen molar-refractivity contribution in [1.29, 1.82) is 0 Å². The van der Waals surface area contributed by atoms with E-state index < -0.39 is 17.9 Å². The maximum absolute atomic E-state index is 11.9. The molecule has 0 bridgehead atoms. The maximum atomic E-state index is 11.9. The first kappa shape index (κ1) is 12.8. The Morgan fingerprint density at radius 2 is 2.06 bits per heavy atom. The Kier molecular flexibility index (Phi) is 3.80. The lowest BCUT2D eigenvalue weighted by molar-refractivity contribution is -0.274. The second-order valence-corrected chi connectivity index (χ2v) is 3.35. The molecule has 0 aliphatic carbocycles. The van der Waals surface area contributed by atoms with Gasteiger partial charge >= 0.3 is 6.36 Å². The lowest BCUT2D eigenvalue weighted by atomic mass is 10.1. The van der Waals surface area contributed by atoms with Crippen LogP contribution < -0.4 is 4.74 Å². The standard InChI is InChI=1S/C10H8ClF3O2/c1-6-2-3-7(16-10(12,13)14)4-8(6)9(15)5-11/h2-4H,5H2,1H3. The van der Waals surface area contributed by atoms with Gasteiger partial charge in [0.2, 0.25) is 0 Å². The maximum Gasteiger partial charge on any atom is 0.573 e. The van der Waals surface area contributed by atoms with Gasteiger partial charge in [0.15, 0.2) is 5.78 Å². The molecule has 0 spiro atoms. The van der Waals surface area contributed by atoms with Gasteiger partial charge in [-0.15, -0.1) is 24.8 Å². The van der Waals surface area contributed by atoms with E-state index in [0.29, 0.717) is 5.56 Å². The molecule has 0 aliphatic rings. The summed E-state index contributed by atoms with van der Waals surface area (Å²) in [5.41, 5.74) is 0.692. The van der Waals surface area contributed by atoms with E-state index in [-0.39, 0.29) is 11.4 Å². The number of carbonyl (C=O) groups excluding carboxylic acids is 1. The van der Waals surface area contributed by atoms with Gasteiger partial charge in [0.1, 0.15) is 5.75 Å². The zero-order valence-corrected chi connectivity index (χ0v) is 9.02. The van der Waals surface area contributed by atoms with Gasteiger partial charge in [-0.1, -0.05) is 6.07 Å². The van der Waals surface area contributed by atoms with Gasteiger partial charge in [0, 0.05) is 5.56 Å². The van der Waals surface area contributed by atoms with Gasteiger partial charge < -0.3 is 4.74 Å². The summed E-state index contributed by atoms with van der Waals surface area (Å²) in [7, 11) is 0. The SMILES string of the molecule is Cc1ccc(OC(F)(F)F)cc1C(=O)CCl. The summed E-state index contributed by atoms with van der Waals surface area (Å²) in [6.45, 7) is 1.61. The molecular formula is C10H8ClF3O2. The highest BCUT2D eigenvalue weighted by atomic mass is 35.5. The molecule has 6 heteroatoms. The summed E-state index contributed by atoms with van der Waals surface area (Å²) in [5, 5.41) is 0. The highest BCUT2D eigenvalue weighted by Crippen LogP contribution is 2.25. The summed E-state index contributed by atoms with van der Waals surface area (Å²) in [6, 6.07) is 3.56. The number of ketones is 1.